The summed E-state index contributed by atoms with van der Waals surface area (Å²) in [5.41, 5.74) is 1.95. The molecule has 1 fully saturated rings. The molecule has 1 aromatic carbocycles. The summed E-state index contributed by atoms with van der Waals surface area (Å²) in [5.74, 6) is 0.303. The average Bonchev–Trinajstić information content (AvgIpc) is 3.20. The summed E-state index contributed by atoms with van der Waals surface area (Å²) in [7, 11) is 1.68. The second-order valence-corrected chi connectivity index (χ2v) is 8.56. The first-order valence-electron chi connectivity index (χ1n) is 11.0. The third-order valence-electron chi connectivity index (χ3n) is 5.95. The third kappa shape index (κ3) is 5.70. The molecule has 0 bridgehead atoms. The van der Waals surface area contributed by atoms with Crippen LogP contribution in [0, 0.1) is 5.92 Å². The number of carbonyl (C=O) groups is 2. The summed E-state index contributed by atoms with van der Waals surface area (Å²) in [5, 5.41) is 10.3. The van der Waals surface area contributed by atoms with Gasteiger partial charge in [0.05, 0.1) is 10.6 Å². The molecule has 0 saturated carbocycles. The number of nitrogens with one attached hydrogen (secondary N) is 2. The molecule has 8 nitrogen and oxygen atoms in total. The monoisotopic (exact) mass is 466 g/mol. The molecular formula is C24H27ClN6O2. The number of halogens is 1. The van der Waals surface area contributed by atoms with Gasteiger partial charge in [-0.15, -0.1) is 0 Å². The Labute approximate surface area is 198 Å². The SMILES string of the molecule is Cn1nc(NC(=O)c2ccccc2Cl)cc1C(=O)NCCC1CCN(c2ccncc2)CC1. The van der Waals surface area contributed by atoms with Gasteiger partial charge in [0.15, 0.2) is 5.82 Å². The molecule has 0 unspecified atom stereocenters. The van der Waals surface area contributed by atoms with Crippen molar-refractivity contribution in [3.05, 3.63) is 71.1 Å². The predicted octanol–water partition coefficient (Wildman–Crippen LogP) is 3.76. The fourth-order valence-electron chi connectivity index (χ4n) is 4.08. The first-order chi connectivity index (χ1) is 16.0. The topological polar surface area (TPSA) is 92.1 Å². The maximum atomic E-state index is 12.6. The molecule has 0 atom stereocenters. The molecule has 9 heteroatoms. The number of carbonyl (C=O) groups excluding carboxylic acids is 2. The lowest BCUT2D eigenvalue weighted by molar-refractivity contribution is 0.0940. The lowest BCUT2D eigenvalue weighted by Gasteiger charge is -2.33. The number of nitrogens with zero attached hydrogens (tertiary/aromatic N) is 4. The van der Waals surface area contributed by atoms with Gasteiger partial charge in [0, 0.05) is 50.8 Å². The van der Waals surface area contributed by atoms with E-state index in [1.165, 1.54) is 10.4 Å². The number of benzene rings is 1. The average molecular weight is 467 g/mol. The van der Waals surface area contributed by atoms with Gasteiger partial charge in [0.1, 0.15) is 5.69 Å². The lowest BCUT2D eigenvalue weighted by atomic mass is 9.93. The van der Waals surface area contributed by atoms with Crippen LogP contribution in [0.5, 0.6) is 0 Å². The molecular weight excluding hydrogens is 440 g/mol. The first kappa shape index (κ1) is 22.8. The standard InChI is InChI=1S/C24H27ClN6O2/c1-30-21(16-22(29-30)28-23(32)19-4-2-3-5-20(19)25)24(33)27-13-6-17-9-14-31(15-10-17)18-7-11-26-12-8-18/h2-5,7-8,11-12,16-17H,6,9-10,13-15H2,1H3,(H,27,33)(H,28,29,32). The van der Waals surface area contributed by atoms with E-state index in [2.05, 4.69) is 25.6 Å². The molecule has 2 N–H and O–H groups in total. The van der Waals surface area contributed by atoms with E-state index in [1.807, 2.05) is 24.5 Å². The van der Waals surface area contributed by atoms with Gasteiger partial charge >= 0.3 is 0 Å². The Kier molecular flexibility index (Phi) is 7.24. The normalized spacial score (nSPS) is 14.2. The summed E-state index contributed by atoms with van der Waals surface area (Å²) in [6.07, 6.45) is 6.78. The summed E-state index contributed by atoms with van der Waals surface area (Å²) in [6.45, 7) is 2.63. The Morgan fingerprint density at radius 2 is 1.82 bits per heavy atom. The Bertz CT molecular complexity index is 1110. The lowest BCUT2D eigenvalue weighted by Crippen LogP contribution is -2.35. The van der Waals surface area contributed by atoms with Crippen LogP contribution in [0.15, 0.2) is 54.9 Å². The van der Waals surface area contributed by atoms with Crippen molar-refractivity contribution in [2.75, 3.05) is 29.9 Å². The fraction of sp³-hybridized carbons (Fsp3) is 0.333. The molecule has 0 aliphatic carbocycles. The highest BCUT2D eigenvalue weighted by molar-refractivity contribution is 6.34. The number of aryl methyl sites for hydroxylation is 1. The Balaban J connectivity index is 1.24. The van der Waals surface area contributed by atoms with Crippen molar-refractivity contribution in [2.24, 2.45) is 13.0 Å². The number of aromatic nitrogens is 3. The summed E-state index contributed by atoms with van der Waals surface area (Å²) in [6, 6.07) is 12.4. The van der Waals surface area contributed by atoms with Gasteiger partial charge < -0.3 is 15.5 Å². The largest absolute Gasteiger partial charge is 0.371 e. The van der Waals surface area contributed by atoms with Crippen molar-refractivity contribution in [3.8, 4) is 0 Å². The van der Waals surface area contributed by atoms with Crippen molar-refractivity contribution in [3.63, 3.8) is 0 Å². The minimum atomic E-state index is -0.372. The van der Waals surface area contributed by atoms with Crippen molar-refractivity contribution in [2.45, 2.75) is 19.3 Å². The fourth-order valence-corrected chi connectivity index (χ4v) is 4.31. The van der Waals surface area contributed by atoms with Crippen LogP contribution >= 0.6 is 11.6 Å². The number of amides is 2. The molecule has 2 aromatic heterocycles. The molecule has 2 amide bonds. The van der Waals surface area contributed by atoms with E-state index in [0.717, 1.165) is 32.4 Å². The molecule has 0 spiro atoms. The van der Waals surface area contributed by atoms with Crippen LogP contribution in [0.2, 0.25) is 5.02 Å². The van der Waals surface area contributed by atoms with Crippen LogP contribution in [0.25, 0.3) is 0 Å². The van der Waals surface area contributed by atoms with Crippen LogP contribution in [0.1, 0.15) is 40.1 Å². The van der Waals surface area contributed by atoms with E-state index in [4.69, 9.17) is 11.6 Å². The summed E-state index contributed by atoms with van der Waals surface area (Å²) < 4.78 is 1.46. The van der Waals surface area contributed by atoms with Gasteiger partial charge in [-0.05, 0) is 49.4 Å². The first-order valence-corrected chi connectivity index (χ1v) is 11.4. The van der Waals surface area contributed by atoms with Crippen LogP contribution in [0.4, 0.5) is 11.5 Å². The molecule has 33 heavy (non-hydrogen) atoms. The maximum absolute atomic E-state index is 12.6. The van der Waals surface area contributed by atoms with E-state index in [1.54, 1.807) is 37.4 Å². The van der Waals surface area contributed by atoms with Gasteiger partial charge in [-0.2, -0.15) is 5.10 Å². The highest BCUT2D eigenvalue weighted by atomic mass is 35.5. The Morgan fingerprint density at radius 3 is 2.55 bits per heavy atom. The van der Waals surface area contributed by atoms with E-state index in [9.17, 15) is 9.59 Å². The molecule has 1 saturated heterocycles. The molecule has 1 aliphatic rings. The maximum Gasteiger partial charge on any atom is 0.269 e. The smallest absolute Gasteiger partial charge is 0.269 e. The van der Waals surface area contributed by atoms with E-state index in [0.29, 0.717) is 34.6 Å². The number of piperidine rings is 1. The van der Waals surface area contributed by atoms with Crippen LogP contribution in [-0.4, -0.2) is 46.2 Å². The van der Waals surface area contributed by atoms with Crippen LogP contribution < -0.4 is 15.5 Å². The quantitative estimate of drug-likeness (QED) is 0.553. The minimum Gasteiger partial charge on any atom is -0.371 e. The predicted molar refractivity (Wildman–Crippen MR) is 129 cm³/mol. The van der Waals surface area contributed by atoms with E-state index >= 15 is 0 Å². The zero-order chi connectivity index (χ0) is 23.2. The molecule has 0 radical (unpaired) electrons. The second kappa shape index (κ2) is 10.5. The van der Waals surface area contributed by atoms with Crippen molar-refractivity contribution in [1.82, 2.24) is 20.1 Å². The van der Waals surface area contributed by atoms with Gasteiger partial charge in [0.25, 0.3) is 11.8 Å². The van der Waals surface area contributed by atoms with Crippen molar-refractivity contribution in [1.29, 1.82) is 0 Å². The number of hydrogen-bond acceptors (Lipinski definition) is 5. The van der Waals surface area contributed by atoms with Crippen molar-refractivity contribution < 1.29 is 9.59 Å². The third-order valence-corrected chi connectivity index (χ3v) is 6.28. The van der Waals surface area contributed by atoms with Crippen LogP contribution in [-0.2, 0) is 7.05 Å². The molecule has 172 valence electrons. The Morgan fingerprint density at radius 1 is 1.09 bits per heavy atom. The minimum absolute atomic E-state index is 0.211. The number of pyridine rings is 1. The zero-order valence-electron chi connectivity index (χ0n) is 18.5. The highest BCUT2D eigenvalue weighted by Crippen LogP contribution is 2.24. The zero-order valence-corrected chi connectivity index (χ0v) is 19.3. The molecule has 1 aliphatic heterocycles. The Hall–Kier alpha value is -3.39. The number of rotatable bonds is 7. The number of anilines is 2. The van der Waals surface area contributed by atoms with E-state index < -0.39 is 0 Å². The number of hydrogen-bond donors (Lipinski definition) is 2. The second-order valence-electron chi connectivity index (χ2n) is 8.15. The molecule has 3 heterocycles. The van der Waals surface area contributed by atoms with Crippen LogP contribution in [0.3, 0.4) is 0 Å². The van der Waals surface area contributed by atoms with Gasteiger partial charge in [-0.3, -0.25) is 19.3 Å². The van der Waals surface area contributed by atoms with Gasteiger partial charge in [-0.25, -0.2) is 0 Å². The van der Waals surface area contributed by atoms with Crippen molar-refractivity contribution >= 4 is 34.9 Å². The summed E-state index contributed by atoms with van der Waals surface area (Å²) in [4.78, 5) is 31.5. The molecule has 3 aromatic rings. The highest BCUT2D eigenvalue weighted by Gasteiger charge is 2.20. The van der Waals surface area contributed by atoms with Gasteiger partial charge in [-0.1, -0.05) is 23.7 Å². The van der Waals surface area contributed by atoms with Gasteiger partial charge in [0.2, 0.25) is 0 Å². The molecule has 4 rings (SSSR count). The summed E-state index contributed by atoms with van der Waals surface area (Å²) >= 11 is 6.08. The van der Waals surface area contributed by atoms with E-state index in [-0.39, 0.29) is 11.8 Å².